The van der Waals surface area contributed by atoms with E-state index in [1.807, 2.05) is 19.1 Å². The maximum Gasteiger partial charge on any atom is 0.240 e. The number of nitrogens with zero attached hydrogens (tertiary/aromatic N) is 1. The van der Waals surface area contributed by atoms with Crippen molar-refractivity contribution in [1.82, 2.24) is 4.90 Å². The molecule has 1 rings (SSSR count). The number of alkyl halides is 1. The van der Waals surface area contributed by atoms with Gasteiger partial charge in [0.1, 0.15) is 16.9 Å². The lowest BCUT2D eigenvalue weighted by molar-refractivity contribution is -0.129. The molecular formula is C10H14ClNO2. The van der Waals surface area contributed by atoms with Crippen molar-refractivity contribution in [3.05, 3.63) is 23.7 Å². The van der Waals surface area contributed by atoms with E-state index >= 15 is 0 Å². The summed E-state index contributed by atoms with van der Waals surface area (Å²) in [5, 5.41) is -0.490. The van der Waals surface area contributed by atoms with Crippen LogP contribution >= 0.6 is 11.6 Å². The first-order valence-corrected chi connectivity index (χ1v) is 4.88. The standard InChI is InChI=1S/C10H14ClNO2/c1-7-4-5-9(14-7)6-12(3)10(13)8(2)11/h4-5,8H,6H2,1-3H3. The van der Waals surface area contributed by atoms with Crippen LogP contribution in [-0.2, 0) is 11.3 Å². The van der Waals surface area contributed by atoms with Crippen molar-refractivity contribution in [3.63, 3.8) is 0 Å². The molecule has 0 N–H and O–H groups in total. The van der Waals surface area contributed by atoms with E-state index in [1.165, 1.54) is 0 Å². The van der Waals surface area contributed by atoms with E-state index in [4.69, 9.17) is 16.0 Å². The third-order valence-electron chi connectivity index (χ3n) is 1.91. The van der Waals surface area contributed by atoms with E-state index in [9.17, 15) is 4.79 Å². The highest BCUT2D eigenvalue weighted by atomic mass is 35.5. The normalized spacial score (nSPS) is 12.6. The molecule has 0 radical (unpaired) electrons. The molecule has 14 heavy (non-hydrogen) atoms. The molecule has 1 heterocycles. The van der Waals surface area contributed by atoms with Gasteiger partial charge >= 0.3 is 0 Å². The first-order valence-electron chi connectivity index (χ1n) is 4.45. The molecule has 0 aromatic carbocycles. The molecule has 1 amide bonds. The van der Waals surface area contributed by atoms with Gasteiger partial charge in [-0.2, -0.15) is 0 Å². The van der Waals surface area contributed by atoms with Crippen LogP contribution in [0.25, 0.3) is 0 Å². The molecule has 78 valence electrons. The van der Waals surface area contributed by atoms with Gasteiger partial charge in [-0.3, -0.25) is 4.79 Å². The Morgan fingerprint density at radius 1 is 1.64 bits per heavy atom. The summed E-state index contributed by atoms with van der Waals surface area (Å²) in [7, 11) is 1.71. The molecule has 0 fully saturated rings. The minimum absolute atomic E-state index is 0.0966. The highest BCUT2D eigenvalue weighted by Crippen LogP contribution is 2.10. The van der Waals surface area contributed by atoms with Gasteiger partial charge in [0.25, 0.3) is 0 Å². The van der Waals surface area contributed by atoms with Gasteiger partial charge in [0.05, 0.1) is 6.54 Å². The number of rotatable bonds is 3. The zero-order chi connectivity index (χ0) is 10.7. The predicted octanol–water partition coefficient (Wildman–Crippen LogP) is 2.17. The summed E-state index contributed by atoms with van der Waals surface area (Å²) in [6.07, 6.45) is 0. The highest BCUT2D eigenvalue weighted by molar-refractivity contribution is 6.30. The van der Waals surface area contributed by atoms with Crippen LogP contribution in [0.3, 0.4) is 0 Å². The topological polar surface area (TPSA) is 33.5 Å². The minimum Gasteiger partial charge on any atom is -0.464 e. The second-order valence-electron chi connectivity index (χ2n) is 3.32. The van der Waals surface area contributed by atoms with Crippen LogP contribution in [-0.4, -0.2) is 23.2 Å². The molecule has 1 aromatic rings. The van der Waals surface area contributed by atoms with E-state index in [0.29, 0.717) is 6.54 Å². The van der Waals surface area contributed by atoms with Crippen LogP contribution in [0.15, 0.2) is 16.5 Å². The molecule has 0 aliphatic rings. The van der Waals surface area contributed by atoms with Gasteiger partial charge in [0.2, 0.25) is 5.91 Å². The summed E-state index contributed by atoms with van der Waals surface area (Å²) in [6, 6.07) is 3.73. The first kappa shape index (κ1) is 11.1. The number of halogens is 1. The quantitative estimate of drug-likeness (QED) is 0.725. The lowest BCUT2D eigenvalue weighted by Gasteiger charge is -2.16. The SMILES string of the molecule is Cc1ccc(CN(C)C(=O)C(C)Cl)o1. The van der Waals surface area contributed by atoms with Crippen molar-refractivity contribution in [2.75, 3.05) is 7.05 Å². The van der Waals surface area contributed by atoms with Crippen LogP contribution in [0.4, 0.5) is 0 Å². The number of hydrogen-bond acceptors (Lipinski definition) is 2. The predicted molar refractivity (Wildman–Crippen MR) is 55.2 cm³/mol. The molecule has 0 saturated heterocycles. The maximum atomic E-state index is 11.4. The van der Waals surface area contributed by atoms with Gasteiger partial charge in [-0.05, 0) is 26.0 Å². The number of hydrogen-bond donors (Lipinski definition) is 0. The largest absolute Gasteiger partial charge is 0.464 e. The second kappa shape index (κ2) is 4.51. The number of amides is 1. The summed E-state index contributed by atoms with van der Waals surface area (Å²) in [6.45, 7) is 3.99. The molecule has 4 heteroatoms. The second-order valence-corrected chi connectivity index (χ2v) is 3.98. The van der Waals surface area contributed by atoms with Crippen LogP contribution < -0.4 is 0 Å². The van der Waals surface area contributed by atoms with Crippen molar-refractivity contribution in [3.8, 4) is 0 Å². The Bertz CT molecular complexity index is 320. The van der Waals surface area contributed by atoms with E-state index in [-0.39, 0.29) is 5.91 Å². The maximum absolute atomic E-state index is 11.4. The monoisotopic (exact) mass is 215 g/mol. The molecule has 0 aliphatic carbocycles. The summed E-state index contributed by atoms with van der Waals surface area (Å²) in [4.78, 5) is 13.0. The number of carbonyl (C=O) groups excluding carboxylic acids is 1. The third kappa shape index (κ3) is 2.77. The molecular weight excluding hydrogens is 202 g/mol. The lowest BCUT2D eigenvalue weighted by Crippen LogP contribution is -2.31. The van der Waals surface area contributed by atoms with Gasteiger partial charge in [0, 0.05) is 7.05 Å². The highest BCUT2D eigenvalue weighted by Gasteiger charge is 2.15. The van der Waals surface area contributed by atoms with Crippen molar-refractivity contribution in [2.24, 2.45) is 0 Å². The first-order chi connectivity index (χ1) is 6.50. The molecule has 0 spiro atoms. The Hall–Kier alpha value is -0.960. The van der Waals surface area contributed by atoms with Gasteiger partial charge < -0.3 is 9.32 Å². The average Bonchev–Trinajstić information content (AvgIpc) is 2.49. The van der Waals surface area contributed by atoms with E-state index in [1.54, 1.807) is 18.9 Å². The van der Waals surface area contributed by atoms with Gasteiger partial charge in [-0.15, -0.1) is 11.6 Å². The molecule has 0 bridgehead atoms. The van der Waals surface area contributed by atoms with Crippen LogP contribution in [0.5, 0.6) is 0 Å². The summed E-state index contributed by atoms with van der Waals surface area (Å²) in [5.74, 6) is 1.52. The van der Waals surface area contributed by atoms with Crippen molar-refractivity contribution in [1.29, 1.82) is 0 Å². The molecule has 0 saturated carbocycles. The fourth-order valence-electron chi connectivity index (χ4n) is 1.19. The average molecular weight is 216 g/mol. The smallest absolute Gasteiger partial charge is 0.240 e. The van der Waals surface area contributed by atoms with Crippen molar-refractivity contribution < 1.29 is 9.21 Å². The minimum atomic E-state index is -0.490. The molecule has 1 atom stereocenters. The van der Waals surface area contributed by atoms with Gasteiger partial charge in [0.15, 0.2) is 0 Å². The summed E-state index contributed by atoms with van der Waals surface area (Å²) < 4.78 is 5.35. The number of carbonyl (C=O) groups is 1. The summed E-state index contributed by atoms with van der Waals surface area (Å²) >= 11 is 5.67. The van der Waals surface area contributed by atoms with Gasteiger partial charge in [-0.25, -0.2) is 0 Å². The molecule has 0 aliphatic heterocycles. The Balaban J connectivity index is 2.57. The summed E-state index contributed by atoms with van der Waals surface area (Å²) in [5.41, 5.74) is 0. The van der Waals surface area contributed by atoms with Crippen molar-refractivity contribution in [2.45, 2.75) is 25.8 Å². The molecule has 1 unspecified atom stereocenters. The Morgan fingerprint density at radius 2 is 2.29 bits per heavy atom. The lowest BCUT2D eigenvalue weighted by atomic mass is 10.3. The van der Waals surface area contributed by atoms with E-state index < -0.39 is 5.38 Å². The Kier molecular flexibility index (Phi) is 3.58. The fraction of sp³-hybridized carbons (Fsp3) is 0.500. The third-order valence-corrected chi connectivity index (χ3v) is 2.09. The Morgan fingerprint density at radius 3 is 2.71 bits per heavy atom. The van der Waals surface area contributed by atoms with E-state index in [0.717, 1.165) is 11.5 Å². The number of aryl methyl sites for hydroxylation is 1. The fourth-order valence-corrected chi connectivity index (χ4v) is 1.35. The molecule has 1 aromatic heterocycles. The van der Waals surface area contributed by atoms with Crippen molar-refractivity contribution >= 4 is 17.5 Å². The zero-order valence-corrected chi connectivity index (χ0v) is 9.34. The van der Waals surface area contributed by atoms with Crippen LogP contribution in [0.1, 0.15) is 18.4 Å². The van der Waals surface area contributed by atoms with Gasteiger partial charge in [-0.1, -0.05) is 0 Å². The van der Waals surface area contributed by atoms with E-state index in [2.05, 4.69) is 0 Å². The zero-order valence-electron chi connectivity index (χ0n) is 8.58. The Labute approximate surface area is 88.6 Å². The molecule has 3 nitrogen and oxygen atoms in total. The van der Waals surface area contributed by atoms with Crippen LogP contribution in [0.2, 0.25) is 0 Å². The van der Waals surface area contributed by atoms with Crippen LogP contribution in [0, 0.1) is 6.92 Å². The number of furan rings is 1.